The van der Waals surface area contributed by atoms with Gasteiger partial charge >= 0.3 is 6.18 Å². The molecule has 0 saturated heterocycles. The van der Waals surface area contributed by atoms with Crippen LogP contribution in [-0.4, -0.2) is 51.6 Å². The van der Waals surface area contributed by atoms with E-state index in [2.05, 4.69) is 34.1 Å². The van der Waals surface area contributed by atoms with Crippen molar-refractivity contribution in [2.75, 3.05) is 26.2 Å². The predicted molar refractivity (Wildman–Crippen MR) is 94.7 cm³/mol. The minimum Gasteiger partial charge on any atom is -0.352 e. The van der Waals surface area contributed by atoms with Gasteiger partial charge in [-0.1, -0.05) is 13.8 Å². The van der Waals surface area contributed by atoms with E-state index in [0.717, 1.165) is 55.7 Å². The molecule has 0 bridgehead atoms. The summed E-state index contributed by atoms with van der Waals surface area (Å²) in [5.41, 5.74) is -0.473. The average molecular weight is 383 g/mol. The Bertz CT molecular complexity index is 809. The van der Waals surface area contributed by atoms with Crippen molar-refractivity contribution in [2.45, 2.75) is 45.2 Å². The van der Waals surface area contributed by atoms with E-state index in [4.69, 9.17) is 0 Å². The van der Waals surface area contributed by atoms with Gasteiger partial charge in [0.25, 0.3) is 5.91 Å². The molecule has 0 aliphatic heterocycles. The van der Waals surface area contributed by atoms with Gasteiger partial charge in [-0.15, -0.1) is 0 Å². The second-order valence-corrected chi connectivity index (χ2v) is 6.77. The maximum atomic E-state index is 13.4. The van der Waals surface area contributed by atoms with Gasteiger partial charge in [0.1, 0.15) is 11.3 Å². The van der Waals surface area contributed by atoms with Crippen LogP contribution in [0.1, 0.15) is 60.8 Å². The molecule has 3 rings (SSSR count). The molecule has 148 valence electrons. The highest BCUT2D eigenvalue weighted by Crippen LogP contribution is 2.41. The Kier molecular flexibility index (Phi) is 5.69. The maximum Gasteiger partial charge on any atom is 0.433 e. The molecular formula is C18H24F3N5O. The number of carbonyl (C=O) groups is 1. The summed E-state index contributed by atoms with van der Waals surface area (Å²) in [6, 6.07) is 1.05. The normalized spacial score (nSPS) is 14.9. The summed E-state index contributed by atoms with van der Waals surface area (Å²) < 4.78 is 40.9. The number of hydrogen-bond acceptors (Lipinski definition) is 4. The van der Waals surface area contributed by atoms with Gasteiger partial charge in [-0.3, -0.25) is 4.79 Å². The van der Waals surface area contributed by atoms with Crippen molar-refractivity contribution in [2.24, 2.45) is 0 Å². The van der Waals surface area contributed by atoms with Crippen LogP contribution in [0.2, 0.25) is 0 Å². The molecule has 0 radical (unpaired) electrons. The van der Waals surface area contributed by atoms with Crippen LogP contribution in [0.4, 0.5) is 13.2 Å². The number of alkyl halides is 3. The third-order valence-electron chi connectivity index (χ3n) is 4.85. The number of nitrogens with one attached hydrogen (secondary N) is 1. The van der Waals surface area contributed by atoms with Crippen LogP contribution < -0.4 is 5.32 Å². The first-order valence-electron chi connectivity index (χ1n) is 9.31. The summed E-state index contributed by atoms with van der Waals surface area (Å²) in [7, 11) is 0. The second kappa shape index (κ2) is 7.84. The Balaban J connectivity index is 1.78. The average Bonchev–Trinajstić information content (AvgIpc) is 3.39. The van der Waals surface area contributed by atoms with Gasteiger partial charge in [0.15, 0.2) is 5.65 Å². The molecular weight excluding hydrogens is 359 g/mol. The SMILES string of the molecule is CCN(CC)CCCNC(=O)c1cnn2c(C(F)(F)F)cc(C3CC3)nc12. The summed E-state index contributed by atoms with van der Waals surface area (Å²) in [5, 5.41) is 6.54. The molecule has 1 aliphatic carbocycles. The van der Waals surface area contributed by atoms with E-state index in [-0.39, 0.29) is 17.1 Å². The van der Waals surface area contributed by atoms with Crippen molar-refractivity contribution < 1.29 is 18.0 Å². The molecule has 27 heavy (non-hydrogen) atoms. The van der Waals surface area contributed by atoms with Gasteiger partial charge in [0.05, 0.1) is 6.20 Å². The first-order chi connectivity index (χ1) is 12.8. The Morgan fingerprint density at radius 3 is 2.63 bits per heavy atom. The first kappa shape index (κ1) is 19.6. The Labute approximate surface area is 155 Å². The number of amides is 1. The first-order valence-corrected chi connectivity index (χ1v) is 9.31. The van der Waals surface area contributed by atoms with E-state index in [0.29, 0.717) is 12.2 Å². The maximum absolute atomic E-state index is 13.4. The molecule has 1 N–H and O–H groups in total. The summed E-state index contributed by atoms with van der Waals surface area (Å²) in [6.07, 6.45) is -0.994. The lowest BCUT2D eigenvalue weighted by Crippen LogP contribution is -2.30. The highest BCUT2D eigenvalue weighted by atomic mass is 19.4. The summed E-state index contributed by atoms with van der Waals surface area (Å²) in [5.74, 6) is -0.408. The fourth-order valence-corrected chi connectivity index (χ4v) is 3.07. The molecule has 1 saturated carbocycles. The minimum absolute atomic E-state index is 0.0343. The predicted octanol–water partition coefficient (Wildman–Crippen LogP) is 3.09. The third-order valence-corrected chi connectivity index (χ3v) is 4.85. The molecule has 1 amide bonds. The van der Waals surface area contributed by atoms with Crippen molar-refractivity contribution in [1.82, 2.24) is 24.8 Å². The standard InChI is InChI=1S/C18H24F3N5O/c1-3-25(4-2)9-5-8-22-17(27)13-11-23-26-15(18(19,20)21)10-14(12-6-7-12)24-16(13)26/h10-12H,3-9H2,1-2H3,(H,22,27). The highest BCUT2D eigenvalue weighted by molar-refractivity contribution is 5.99. The second-order valence-electron chi connectivity index (χ2n) is 6.77. The lowest BCUT2D eigenvalue weighted by Gasteiger charge is -2.17. The molecule has 1 fully saturated rings. The van der Waals surface area contributed by atoms with Crippen molar-refractivity contribution in [3.8, 4) is 0 Å². The molecule has 1 aliphatic rings. The zero-order valence-electron chi connectivity index (χ0n) is 15.5. The lowest BCUT2D eigenvalue weighted by molar-refractivity contribution is -0.142. The molecule has 0 aromatic carbocycles. The number of rotatable bonds is 8. The molecule has 2 heterocycles. The third kappa shape index (κ3) is 4.40. The molecule has 2 aromatic heterocycles. The summed E-state index contributed by atoms with van der Waals surface area (Å²) >= 11 is 0. The molecule has 0 atom stereocenters. The van der Waals surface area contributed by atoms with Gasteiger partial charge in [-0.05, 0) is 45.0 Å². The van der Waals surface area contributed by atoms with Crippen LogP contribution >= 0.6 is 0 Å². The van der Waals surface area contributed by atoms with E-state index in [1.807, 2.05) is 0 Å². The smallest absolute Gasteiger partial charge is 0.352 e. The van der Waals surface area contributed by atoms with Crippen LogP contribution in [0.25, 0.3) is 5.65 Å². The summed E-state index contributed by atoms with van der Waals surface area (Å²) in [4.78, 5) is 19.0. The largest absolute Gasteiger partial charge is 0.433 e. The van der Waals surface area contributed by atoms with Gasteiger partial charge in [-0.2, -0.15) is 18.3 Å². The topological polar surface area (TPSA) is 62.5 Å². The van der Waals surface area contributed by atoms with E-state index >= 15 is 0 Å². The van der Waals surface area contributed by atoms with Gasteiger partial charge in [0.2, 0.25) is 0 Å². The van der Waals surface area contributed by atoms with Crippen molar-refractivity contribution in [3.05, 3.63) is 29.2 Å². The number of carbonyl (C=O) groups excluding carboxylic acids is 1. The van der Waals surface area contributed by atoms with E-state index < -0.39 is 17.8 Å². The number of fused-ring (bicyclic) bond motifs is 1. The number of halogens is 3. The Morgan fingerprint density at radius 2 is 2.04 bits per heavy atom. The molecule has 0 unspecified atom stereocenters. The van der Waals surface area contributed by atoms with Crippen LogP contribution in [0.15, 0.2) is 12.3 Å². The van der Waals surface area contributed by atoms with Crippen LogP contribution in [-0.2, 0) is 6.18 Å². The quantitative estimate of drug-likeness (QED) is 0.712. The van der Waals surface area contributed by atoms with E-state index in [1.54, 1.807) is 0 Å². The zero-order valence-corrected chi connectivity index (χ0v) is 15.5. The van der Waals surface area contributed by atoms with Crippen LogP contribution in [0.5, 0.6) is 0 Å². The number of aromatic nitrogens is 3. The molecule has 6 nitrogen and oxygen atoms in total. The Morgan fingerprint density at radius 1 is 1.33 bits per heavy atom. The van der Waals surface area contributed by atoms with Crippen molar-refractivity contribution in [3.63, 3.8) is 0 Å². The van der Waals surface area contributed by atoms with Crippen molar-refractivity contribution in [1.29, 1.82) is 0 Å². The number of nitrogens with zero attached hydrogens (tertiary/aromatic N) is 4. The number of hydrogen-bond donors (Lipinski definition) is 1. The monoisotopic (exact) mass is 383 g/mol. The zero-order chi connectivity index (χ0) is 19.6. The summed E-state index contributed by atoms with van der Waals surface area (Å²) in [6.45, 7) is 7.31. The minimum atomic E-state index is -4.56. The van der Waals surface area contributed by atoms with Crippen molar-refractivity contribution >= 4 is 11.6 Å². The molecule has 9 heteroatoms. The molecule has 0 spiro atoms. The molecule has 2 aromatic rings. The van der Waals surface area contributed by atoms with Gasteiger partial charge < -0.3 is 10.2 Å². The fourth-order valence-electron chi connectivity index (χ4n) is 3.07. The van der Waals surface area contributed by atoms with Gasteiger partial charge in [-0.25, -0.2) is 9.50 Å². The Hall–Kier alpha value is -2.16. The van der Waals surface area contributed by atoms with Crippen LogP contribution in [0.3, 0.4) is 0 Å². The lowest BCUT2D eigenvalue weighted by atomic mass is 10.2. The fraction of sp³-hybridized carbons (Fsp3) is 0.611. The van der Waals surface area contributed by atoms with Gasteiger partial charge in [0, 0.05) is 18.2 Å². The highest BCUT2D eigenvalue weighted by Gasteiger charge is 2.37. The van der Waals surface area contributed by atoms with E-state index in [1.165, 1.54) is 0 Å². The van der Waals surface area contributed by atoms with Crippen LogP contribution in [0, 0.1) is 0 Å². The van der Waals surface area contributed by atoms with E-state index in [9.17, 15) is 18.0 Å².